The number of amides is 1. The first-order valence-electron chi connectivity index (χ1n) is 9.74. The van der Waals surface area contributed by atoms with Crippen molar-refractivity contribution in [3.8, 4) is 11.5 Å². The summed E-state index contributed by atoms with van der Waals surface area (Å²) < 4.78 is 11.5. The van der Waals surface area contributed by atoms with Gasteiger partial charge in [0.05, 0.1) is 5.69 Å². The van der Waals surface area contributed by atoms with Crippen molar-refractivity contribution < 1.29 is 14.3 Å². The largest absolute Gasteiger partial charge is 0.490 e. The van der Waals surface area contributed by atoms with E-state index in [-0.39, 0.29) is 11.8 Å². The van der Waals surface area contributed by atoms with Crippen LogP contribution >= 0.6 is 12.2 Å². The number of hydrogen-bond donors (Lipinski definition) is 2. The van der Waals surface area contributed by atoms with Crippen LogP contribution in [0.5, 0.6) is 11.5 Å². The maximum Gasteiger partial charge on any atom is 0.229 e. The fourth-order valence-corrected chi connectivity index (χ4v) is 3.47. The van der Waals surface area contributed by atoms with Crippen molar-refractivity contribution in [1.82, 2.24) is 5.32 Å². The minimum Gasteiger partial charge on any atom is -0.490 e. The molecule has 0 radical (unpaired) electrons. The Bertz CT molecular complexity index is 776. The van der Waals surface area contributed by atoms with E-state index in [0.717, 1.165) is 37.1 Å². The molecule has 0 spiro atoms. The van der Waals surface area contributed by atoms with Gasteiger partial charge >= 0.3 is 0 Å². The van der Waals surface area contributed by atoms with E-state index in [0.29, 0.717) is 24.1 Å². The third kappa shape index (κ3) is 6.23. The molecule has 1 aliphatic rings. The van der Waals surface area contributed by atoms with Crippen LogP contribution in [0.3, 0.4) is 0 Å². The zero-order valence-corrected chi connectivity index (χ0v) is 16.7. The van der Waals surface area contributed by atoms with Crippen molar-refractivity contribution in [3.63, 3.8) is 0 Å². The number of anilines is 1. The predicted octanol–water partition coefficient (Wildman–Crippen LogP) is 4.54. The smallest absolute Gasteiger partial charge is 0.229 e. The van der Waals surface area contributed by atoms with E-state index >= 15 is 0 Å². The molecule has 0 aromatic heterocycles. The van der Waals surface area contributed by atoms with Gasteiger partial charge in [0.2, 0.25) is 5.91 Å². The van der Waals surface area contributed by atoms with Crippen LogP contribution in [0.4, 0.5) is 5.69 Å². The Morgan fingerprint density at radius 3 is 2.39 bits per heavy atom. The molecule has 0 saturated heterocycles. The maximum atomic E-state index is 12.3. The van der Waals surface area contributed by atoms with Gasteiger partial charge in [0, 0.05) is 5.92 Å². The summed E-state index contributed by atoms with van der Waals surface area (Å²) in [5.74, 6) is 1.54. The maximum absolute atomic E-state index is 12.3. The quantitative estimate of drug-likeness (QED) is 0.530. The highest BCUT2D eigenvalue weighted by Crippen LogP contribution is 2.25. The fraction of sp³-hybridized carbons (Fsp3) is 0.364. The average molecular weight is 399 g/mol. The molecule has 1 amide bonds. The number of ether oxygens (including phenoxy) is 2. The number of hydrogen-bond acceptors (Lipinski definition) is 4. The van der Waals surface area contributed by atoms with E-state index in [9.17, 15) is 4.79 Å². The molecule has 28 heavy (non-hydrogen) atoms. The molecule has 2 N–H and O–H groups in total. The second kappa shape index (κ2) is 10.7. The van der Waals surface area contributed by atoms with Crippen molar-refractivity contribution in [2.75, 3.05) is 18.5 Å². The van der Waals surface area contributed by atoms with Gasteiger partial charge in [0.25, 0.3) is 0 Å². The summed E-state index contributed by atoms with van der Waals surface area (Å²) in [6.45, 7) is 0.829. The number of benzene rings is 2. The molecule has 6 heteroatoms. The number of para-hydroxylation sites is 3. The lowest BCUT2D eigenvalue weighted by Gasteiger charge is -2.21. The van der Waals surface area contributed by atoms with Gasteiger partial charge in [-0.1, -0.05) is 49.6 Å². The molecule has 0 unspecified atom stereocenters. The Morgan fingerprint density at radius 1 is 0.929 bits per heavy atom. The molecule has 1 aliphatic carbocycles. The summed E-state index contributed by atoms with van der Waals surface area (Å²) in [7, 11) is 0. The summed E-state index contributed by atoms with van der Waals surface area (Å²) >= 11 is 5.32. The number of rotatable bonds is 7. The van der Waals surface area contributed by atoms with Crippen molar-refractivity contribution in [2.45, 2.75) is 32.1 Å². The summed E-state index contributed by atoms with van der Waals surface area (Å²) in [5.41, 5.74) is 0.719. The Morgan fingerprint density at radius 2 is 1.61 bits per heavy atom. The SMILES string of the molecule is O=C(NC(=S)Nc1ccccc1OCCOc1ccccc1)C1CCCCC1. The van der Waals surface area contributed by atoms with Crippen molar-refractivity contribution in [2.24, 2.45) is 5.92 Å². The van der Waals surface area contributed by atoms with Gasteiger partial charge in [-0.2, -0.15) is 0 Å². The van der Waals surface area contributed by atoms with Crippen LogP contribution in [0.1, 0.15) is 32.1 Å². The van der Waals surface area contributed by atoms with Gasteiger partial charge in [-0.25, -0.2) is 0 Å². The Labute approximate surface area is 171 Å². The van der Waals surface area contributed by atoms with Crippen LogP contribution in [0, 0.1) is 5.92 Å². The normalized spacial score (nSPS) is 14.1. The highest BCUT2D eigenvalue weighted by molar-refractivity contribution is 7.80. The zero-order chi connectivity index (χ0) is 19.6. The van der Waals surface area contributed by atoms with E-state index < -0.39 is 0 Å². The van der Waals surface area contributed by atoms with Crippen LogP contribution in [0.2, 0.25) is 0 Å². The first-order chi connectivity index (χ1) is 13.7. The number of nitrogens with one attached hydrogen (secondary N) is 2. The summed E-state index contributed by atoms with van der Waals surface area (Å²) in [6, 6.07) is 17.1. The highest BCUT2D eigenvalue weighted by Gasteiger charge is 2.21. The second-order valence-corrected chi connectivity index (χ2v) is 7.19. The van der Waals surface area contributed by atoms with E-state index in [1.54, 1.807) is 0 Å². The molecule has 1 fully saturated rings. The minimum atomic E-state index is 0.00635. The Kier molecular flexibility index (Phi) is 7.67. The number of carbonyl (C=O) groups excluding carboxylic acids is 1. The van der Waals surface area contributed by atoms with Crippen LogP contribution < -0.4 is 20.1 Å². The predicted molar refractivity (Wildman–Crippen MR) is 115 cm³/mol. The van der Waals surface area contributed by atoms with Crippen LogP contribution in [-0.2, 0) is 4.79 Å². The molecule has 0 bridgehead atoms. The van der Waals surface area contributed by atoms with Gasteiger partial charge in [0.15, 0.2) is 5.11 Å². The molecule has 148 valence electrons. The second-order valence-electron chi connectivity index (χ2n) is 6.78. The lowest BCUT2D eigenvalue weighted by atomic mass is 9.89. The van der Waals surface area contributed by atoms with Crippen molar-refractivity contribution >= 4 is 28.9 Å². The summed E-state index contributed by atoms with van der Waals surface area (Å²) in [5, 5.41) is 6.19. The molecule has 5 nitrogen and oxygen atoms in total. The molecule has 3 rings (SSSR count). The van der Waals surface area contributed by atoms with E-state index in [4.69, 9.17) is 21.7 Å². The molecule has 2 aromatic rings. The van der Waals surface area contributed by atoms with Gasteiger partial charge < -0.3 is 20.1 Å². The van der Waals surface area contributed by atoms with Gasteiger partial charge in [0.1, 0.15) is 24.7 Å². The van der Waals surface area contributed by atoms with Gasteiger partial charge in [-0.15, -0.1) is 0 Å². The Hall–Kier alpha value is -2.60. The van der Waals surface area contributed by atoms with Gasteiger partial charge in [-0.3, -0.25) is 4.79 Å². The van der Waals surface area contributed by atoms with Crippen LogP contribution in [-0.4, -0.2) is 24.2 Å². The zero-order valence-electron chi connectivity index (χ0n) is 15.9. The molecular formula is C22H26N2O3S. The number of thiocarbonyl (C=S) groups is 1. The van der Waals surface area contributed by atoms with E-state index in [2.05, 4.69) is 10.6 Å². The summed E-state index contributed by atoms with van der Waals surface area (Å²) in [6.07, 6.45) is 5.32. The molecule has 0 atom stereocenters. The molecule has 0 heterocycles. The van der Waals surface area contributed by atoms with Crippen molar-refractivity contribution in [1.29, 1.82) is 0 Å². The molecule has 1 saturated carbocycles. The lowest BCUT2D eigenvalue weighted by molar-refractivity contribution is -0.124. The highest BCUT2D eigenvalue weighted by atomic mass is 32.1. The first kappa shape index (κ1) is 20.1. The topological polar surface area (TPSA) is 59.6 Å². The third-order valence-corrected chi connectivity index (χ3v) is 4.90. The summed E-state index contributed by atoms with van der Waals surface area (Å²) in [4.78, 5) is 12.3. The fourth-order valence-electron chi connectivity index (χ4n) is 3.26. The Balaban J connectivity index is 1.47. The number of carbonyl (C=O) groups is 1. The van der Waals surface area contributed by atoms with E-state index in [1.165, 1.54) is 6.42 Å². The molecule has 2 aromatic carbocycles. The van der Waals surface area contributed by atoms with Crippen LogP contribution in [0.15, 0.2) is 54.6 Å². The minimum absolute atomic E-state index is 0.00635. The van der Waals surface area contributed by atoms with E-state index in [1.807, 2.05) is 54.6 Å². The van der Waals surface area contributed by atoms with Crippen molar-refractivity contribution in [3.05, 3.63) is 54.6 Å². The average Bonchev–Trinajstić information content (AvgIpc) is 2.73. The lowest BCUT2D eigenvalue weighted by Crippen LogP contribution is -2.39. The first-order valence-corrected chi connectivity index (χ1v) is 10.1. The molecule has 0 aliphatic heterocycles. The monoisotopic (exact) mass is 398 g/mol. The standard InChI is InChI=1S/C22H26N2O3S/c25-21(17-9-3-1-4-10-17)24-22(28)23-19-13-7-8-14-20(19)27-16-15-26-18-11-5-2-6-12-18/h2,5-8,11-14,17H,1,3-4,9-10,15-16H2,(H2,23,24,25,28). The third-order valence-electron chi connectivity index (χ3n) is 4.70. The molecular weight excluding hydrogens is 372 g/mol. The van der Waals surface area contributed by atoms with Crippen LogP contribution in [0.25, 0.3) is 0 Å². The van der Waals surface area contributed by atoms with Gasteiger partial charge in [-0.05, 0) is 49.3 Å².